The van der Waals surface area contributed by atoms with E-state index in [1.807, 2.05) is 6.92 Å². The molecule has 4 nitrogen and oxygen atoms in total. The third-order valence-corrected chi connectivity index (χ3v) is 5.40. The van der Waals surface area contributed by atoms with E-state index in [9.17, 15) is 4.79 Å². The Hall–Kier alpha value is -0.680. The fourth-order valence-corrected chi connectivity index (χ4v) is 4.79. The first-order chi connectivity index (χ1) is 8.22. The number of fused-ring (bicyclic) bond motifs is 2. The Labute approximate surface area is 106 Å². The molecule has 5 heteroatoms. The highest BCUT2D eigenvalue weighted by atomic mass is 32.2. The maximum atomic E-state index is 12.0. The summed E-state index contributed by atoms with van der Waals surface area (Å²) in [6.07, 6.45) is 2.38. The van der Waals surface area contributed by atoms with Gasteiger partial charge in [0.05, 0.1) is 22.6 Å². The molecule has 0 aromatic carbocycles. The molecule has 4 rings (SSSR count). The van der Waals surface area contributed by atoms with Crippen molar-refractivity contribution in [2.45, 2.75) is 25.1 Å². The summed E-state index contributed by atoms with van der Waals surface area (Å²) in [4.78, 5) is 14.5. The second kappa shape index (κ2) is 4.21. The third-order valence-electron chi connectivity index (χ3n) is 4.09. The van der Waals surface area contributed by atoms with Gasteiger partial charge in [0.15, 0.2) is 0 Å². The van der Waals surface area contributed by atoms with Gasteiger partial charge in [0, 0.05) is 5.92 Å². The SMILES string of the molecule is CCOC(=O)C1=C(N)SC2C1C1CCN2CC1. The monoisotopic (exact) mass is 254 g/mol. The largest absolute Gasteiger partial charge is 0.463 e. The first-order valence-corrected chi connectivity index (χ1v) is 7.17. The molecular formula is C12H18N2O2S. The number of carbonyl (C=O) groups excluding carboxylic acids is 1. The van der Waals surface area contributed by atoms with Gasteiger partial charge in [0.1, 0.15) is 0 Å². The van der Waals surface area contributed by atoms with Gasteiger partial charge in [-0.15, -0.1) is 0 Å². The number of esters is 1. The Kier molecular flexibility index (Phi) is 2.83. The Morgan fingerprint density at radius 3 is 2.88 bits per heavy atom. The van der Waals surface area contributed by atoms with Gasteiger partial charge in [-0.1, -0.05) is 11.8 Å². The first kappa shape index (κ1) is 11.4. The van der Waals surface area contributed by atoms with E-state index in [0.29, 0.717) is 28.8 Å². The van der Waals surface area contributed by atoms with E-state index >= 15 is 0 Å². The van der Waals surface area contributed by atoms with Crippen LogP contribution >= 0.6 is 11.8 Å². The highest BCUT2D eigenvalue weighted by molar-refractivity contribution is 8.03. The lowest BCUT2D eigenvalue weighted by molar-refractivity contribution is -0.140. The molecule has 0 aromatic heterocycles. The standard InChI is InChI=1S/C12H18N2O2S/c1-2-16-12(15)9-8-7-3-5-14(6-4-7)11(8)17-10(9)13/h7-8,11H,2-6,13H2,1H3. The van der Waals surface area contributed by atoms with Crippen LogP contribution in [0.4, 0.5) is 0 Å². The Morgan fingerprint density at radius 2 is 2.24 bits per heavy atom. The molecule has 3 saturated heterocycles. The van der Waals surface area contributed by atoms with E-state index in [-0.39, 0.29) is 5.97 Å². The van der Waals surface area contributed by atoms with Gasteiger partial charge in [-0.2, -0.15) is 0 Å². The van der Waals surface area contributed by atoms with Gasteiger partial charge >= 0.3 is 5.97 Å². The van der Waals surface area contributed by atoms with Crippen LogP contribution in [-0.2, 0) is 9.53 Å². The average molecular weight is 254 g/mol. The minimum absolute atomic E-state index is 0.196. The number of piperidine rings is 3. The Bertz CT molecular complexity index is 375. The molecule has 0 spiro atoms. The molecule has 94 valence electrons. The van der Waals surface area contributed by atoms with Crippen molar-refractivity contribution in [3.63, 3.8) is 0 Å². The van der Waals surface area contributed by atoms with Crippen LogP contribution in [0.25, 0.3) is 0 Å². The molecule has 3 fully saturated rings. The number of nitrogens with zero attached hydrogens (tertiary/aromatic N) is 1. The van der Waals surface area contributed by atoms with E-state index in [4.69, 9.17) is 10.5 Å². The summed E-state index contributed by atoms with van der Waals surface area (Å²) < 4.78 is 5.14. The zero-order chi connectivity index (χ0) is 12.0. The van der Waals surface area contributed by atoms with Crippen LogP contribution in [0.5, 0.6) is 0 Å². The van der Waals surface area contributed by atoms with Gasteiger partial charge in [-0.05, 0) is 38.8 Å². The van der Waals surface area contributed by atoms with E-state index in [1.165, 1.54) is 12.8 Å². The van der Waals surface area contributed by atoms with Crippen LogP contribution in [0.3, 0.4) is 0 Å². The fraction of sp³-hybridized carbons (Fsp3) is 0.750. The molecule has 0 radical (unpaired) electrons. The van der Waals surface area contributed by atoms with Gasteiger partial charge in [0.25, 0.3) is 0 Å². The van der Waals surface area contributed by atoms with Crippen LogP contribution in [0.15, 0.2) is 10.6 Å². The second-order valence-corrected chi connectivity index (χ2v) is 6.06. The first-order valence-electron chi connectivity index (χ1n) is 6.30. The molecule has 2 bridgehead atoms. The van der Waals surface area contributed by atoms with Gasteiger partial charge in [-0.3, -0.25) is 4.90 Å². The van der Waals surface area contributed by atoms with Crippen LogP contribution in [0.1, 0.15) is 19.8 Å². The summed E-state index contributed by atoms with van der Waals surface area (Å²) in [6.45, 7) is 4.57. The maximum absolute atomic E-state index is 12.0. The summed E-state index contributed by atoms with van der Waals surface area (Å²) in [5.74, 6) is 0.734. The predicted octanol–water partition coefficient (Wildman–Crippen LogP) is 1.13. The highest BCUT2D eigenvalue weighted by Gasteiger charge is 2.50. The van der Waals surface area contributed by atoms with Crippen molar-refractivity contribution in [3.05, 3.63) is 10.6 Å². The van der Waals surface area contributed by atoms with Crippen LogP contribution in [-0.4, -0.2) is 35.9 Å². The van der Waals surface area contributed by atoms with Crippen molar-refractivity contribution >= 4 is 17.7 Å². The van der Waals surface area contributed by atoms with Crippen LogP contribution in [0.2, 0.25) is 0 Å². The topological polar surface area (TPSA) is 55.6 Å². The maximum Gasteiger partial charge on any atom is 0.337 e. The molecule has 4 aliphatic heterocycles. The fourth-order valence-electron chi connectivity index (χ4n) is 3.32. The lowest BCUT2D eigenvalue weighted by Crippen LogP contribution is -2.52. The minimum Gasteiger partial charge on any atom is -0.463 e. The van der Waals surface area contributed by atoms with Crippen molar-refractivity contribution in [1.29, 1.82) is 0 Å². The molecule has 0 amide bonds. The van der Waals surface area contributed by atoms with Crippen molar-refractivity contribution in [2.75, 3.05) is 19.7 Å². The molecule has 17 heavy (non-hydrogen) atoms. The zero-order valence-corrected chi connectivity index (χ0v) is 10.8. The number of hydrogen-bond donors (Lipinski definition) is 1. The minimum atomic E-state index is -0.196. The predicted molar refractivity (Wildman–Crippen MR) is 67.0 cm³/mol. The normalized spacial score (nSPS) is 39.4. The number of rotatable bonds is 2. The number of hydrogen-bond acceptors (Lipinski definition) is 5. The lowest BCUT2D eigenvalue weighted by atomic mass is 9.75. The van der Waals surface area contributed by atoms with Crippen LogP contribution in [0, 0.1) is 11.8 Å². The summed E-state index contributed by atoms with van der Waals surface area (Å²) in [5.41, 5.74) is 6.80. The van der Waals surface area contributed by atoms with Crippen molar-refractivity contribution in [1.82, 2.24) is 4.90 Å². The summed E-state index contributed by atoms with van der Waals surface area (Å²) >= 11 is 1.66. The average Bonchev–Trinajstić information content (AvgIpc) is 2.69. The lowest BCUT2D eigenvalue weighted by Gasteiger charge is -2.48. The van der Waals surface area contributed by atoms with E-state index in [0.717, 1.165) is 18.7 Å². The molecule has 2 unspecified atom stereocenters. The van der Waals surface area contributed by atoms with Crippen LogP contribution < -0.4 is 5.73 Å². The van der Waals surface area contributed by atoms with Crippen molar-refractivity contribution in [3.8, 4) is 0 Å². The molecule has 0 aliphatic carbocycles. The summed E-state index contributed by atoms with van der Waals surface area (Å²) in [7, 11) is 0. The summed E-state index contributed by atoms with van der Waals surface area (Å²) in [5, 5.41) is 1.08. The molecule has 0 saturated carbocycles. The molecular weight excluding hydrogens is 236 g/mol. The molecule has 0 aromatic rings. The molecule has 4 heterocycles. The number of carbonyl (C=O) groups is 1. The Balaban J connectivity index is 1.88. The molecule has 4 aliphatic rings. The summed E-state index contributed by atoms with van der Waals surface area (Å²) in [6, 6.07) is 0. The van der Waals surface area contributed by atoms with Crippen molar-refractivity contribution < 1.29 is 9.53 Å². The second-order valence-electron chi connectivity index (χ2n) is 4.91. The van der Waals surface area contributed by atoms with E-state index in [2.05, 4.69) is 4.90 Å². The quantitative estimate of drug-likeness (QED) is 0.749. The van der Waals surface area contributed by atoms with Gasteiger partial charge in [0.2, 0.25) is 0 Å². The van der Waals surface area contributed by atoms with Gasteiger partial charge < -0.3 is 10.5 Å². The molecule has 2 atom stereocenters. The highest BCUT2D eigenvalue weighted by Crippen LogP contribution is 2.52. The Morgan fingerprint density at radius 1 is 1.53 bits per heavy atom. The van der Waals surface area contributed by atoms with E-state index in [1.54, 1.807) is 11.8 Å². The smallest absolute Gasteiger partial charge is 0.337 e. The van der Waals surface area contributed by atoms with Crippen molar-refractivity contribution in [2.24, 2.45) is 17.6 Å². The molecule has 2 N–H and O–H groups in total. The van der Waals surface area contributed by atoms with E-state index < -0.39 is 0 Å². The number of thioether (sulfide) groups is 1. The number of ether oxygens (including phenoxy) is 1. The van der Waals surface area contributed by atoms with Gasteiger partial charge in [-0.25, -0.2) is 4.79 Å². The zero-order valence-electron chi connectivity index (χ0n) is 10.0. The third kappa shape index (κ3) is 1.67. The number of nitrogens with two attached hydrogens (primary N) is 1.